The van der Waals surface area contributed by atoms with Gasteiger partial charge in [-0.05, 0) is 37.0 Å². The van der Waals surface area contributed by atoms with E-state index in [-0.39, 0.29) is 12.0 Å². The Balaban J connectivity index is 1.59. The molecule has 1 N–H and O–H groups in total. The van der Waals surface area contributed by atoms with Gasteiger partial charge in [0.1, 0.15) is 6.10 Å². The highest BCUT2D eigenvalue weighted by Gasteiger charge is 2.22. The number of amides is 1. The molecule has 4 nitrogen and oxygen atoms in total. The Morgan fingerprint density at radius 1 is 1.47 bits per heavy atom. The van der Waals surface area contributed by atoms with Gasteiger partial charge in [-0.25, -0.2) is 4.98 Å². The highest BCUT2D eigenvalue weighted by molar-refractivity contribution is 7.99. The number of hydrogen-bond donors (Lipinski definition) is 1. The lowest BCUT2D eigenvalue weighted by Gasteiger charge is -2.12. The zero-order valence-electron chi connectivity index (χ0n) is 10.8. The van der Waals surface area contributed by atoms with E-state index in [1.807, 2.05) is 11.8 Å². The molecule has 2 heterocycles. The van der Waals surface area contributed by atoms with Gasteiger partial charge in [0.25, 0.3) is 5.91 Å². The van der Waals surface area contributed by atoms with Crippen LogP contribution in [-0.2, 0) is 0 Å². The minimum atomic E-state index is -0.0278. The Morgan fingerprint density at radius 3 is 3.11 bits per heavy atom. The lowest BCUT2D eigenvalue weighted by molar-refractivity contribution is 0.0950. The van der Waals surface area contributed by atoms with E-state index in [4.69, 9.17) is 4.74 Å². The lowest BCUT2D eigenvalue weighted by Crippen LogP contribution is -2.25. The number of hydrogen-bond acceptors (Lipinski definition) is 4. The van der Waals surface area contributed by atoms with Gasteiger partial charge in [-0.2, -0.15) is 11.8 Å². The predicted molar refractivity (Wildman–Crippen MR) is 75.7 cm³/mol. The normalized spacial score (nSPS) is 22.2. The van der Waals surface area contributed by atoms with Crippen molar-refractivity contribution in [2.24, 2.45) is 5.92 Å². The summed E-state index contributed by atoms with van der Waals surface area (Å²) in [5.41, 5.74) is 0.635. The maximum Gasteiger partial charge on any atom is 0.251 e. The van der Waals surface area contributed by atoms with Crippen molar-refractivity contribution in [2.45, 2.75) is 25.4 Å². The molecule has 1 amide bonds. The van der Waals surface area contributed by atoms with E-state index >= 15 is 0 Å². The number of nitrogens with one attached hydrogen (secondary N) is 1. The molecule has 0 radical (unpaired) electrons. The van der Waals surface area contributed by atoms with E-state index in [1.54, 1.807) is 18.3 Å². The second-order valence-corrected chi connectivity index (χ2v) is 6.29. The van der Waals surface area contributed by atoms with Gasteiger partial charge in [-0.15, -0.1) is 0 Å². The zero-order valence-corrected chi connectivity index (χ0v) is 11.6. The minimum Gasteiger partial charge on any atom is -0.473 e. The van der Waals surface area contributed by atoms with Crippen molar-refractivity contribution in [1.29, 1.82) is 0 Å². The van der Waals surface area contributed by atoms with Crippen molar-refractivity contribution >= 4 is 17.7 Å². The number of aromatic nitrogens is 1. The zero-order chi connectivity index (χ0) is 13.1. The molecule has 1 aliphatic heterocycles. The fraction of sp³-hybridized carbons (Fsp3) is 0.571. The van der Waals surface area contributed by atoms with Crippen molar-refractivity contribution in [2.75, 3.05) is 18.1 Å². The maximum absolute atomic E-state index is 12.0. The van der Waals surface area contributed by atoms with Crippen LogP contribution >= 0.6 is 11.8 Å². The van der Waals surface area contributed by atoms with Crippen LogP contribution < -0.4 is 10.1 Å². The summed E-state index contributed by atoms with van der Waals surface area (Å²) in [6.45, 7) is 0.788. The molecule has 19 heavy (non-hydrogen) atoms. The van der Waals surface area contributed by atoms with Gasteiger partial charge in [0.05, 0.1) is 0 Å². The Hall–Kier alpha value is -1.23. The molecule has 1 aromatic rings. The fourth-order valence-corrected chi connectivity index (χ4v) is 3.15. The van der Waals surface area contributed by atoms with Gasteiger partial charge in [-0.3, -0.25) is 4.79 Å². The largest absolute Gasteiger partial charge is 0.473 e. The van der Waals surface area contributed by atoms with Crippen LogP contribution in [0.4, 0.5) is 0 Å². The number of thioether (sulfide) groups is 1. The summed E-state index contributed by atoms with van der Waals surface area (Å²) < 4.78 is 5.79. The molecule has 1 atom stereocenters. The molecular weight excluding hydrogens is 260 g/mol. The first kappa shape index (κ1) is 12.8. The Morgan fingerprint density at radius 2 is 2.37 bits per heavy atom. The Kier molecular flexibility index (Phi) is 3.92. The standard InChI is InChI=1S/C14H18N2O2S/c17-14(16-8-10-1-2-10)11-3-5-15-13(7-11)18-12-4-6-19-9-12/h3,5,7,10,12H,1-2,4,6,8-9H2,(H,16,17)/t12-/m0/s1. The SMILES string of the molecule is O=C(NCC1CC1)c1ccnc(O[C@H]2CCSC2)c1. The smallest absolute Gasteiger partial charge is 0.251 e. The van der Waals surface area contributed by atoms with Crippen LogP contribution in [0.5, 0.6) is 5.88 Å². The molecule has 102 valence electrons. The van der Waals surface area contributed by atoms with E-state index in [0.717, 1.165) is 24.5 Å². The van der Waals surface area contributed by atoms with E-state index in [9.17, 15) is 4.79 Å². The van der Waals surface area contributed by atoms with Crippen molar-refractivity contribution in [3.8, 4) is 5.88 Å². The molecule has 1 saturated carbocycles. The molecule has 1 saturated heterocycles. The molecule has 3 rings (SSSR count). The maximum atomic E-state index is 12.0. The summed E-state index contributed by atoms with van der Waals surface area (Å²) in [6.07, 6.45) is 5.42. The number of carbonyl (C=O) groups excluding carboxylic acids is 1. The molecule has 0 spiro atoms. The summed E-state index contributed by atoms with van der Waals surface area (Å²) in [6, 6.07) is 3.48. The summed E-state index contributed by atoms with van der Waals surface area (Å²) in [5, 5.41) is 2.96. The summed E-state index contributed by atoms with van der Waals surface area (Å²) in [7, 11) is 0. The molecule has 0 unspecified atom stereocenters. The highest BCUT2D eigenvalue weighted by Crippen LogP contribution is 2.27. The third-order valence-corrected chi connectivity index (χ3v) is 4.55. The Labute approximate surface area is 117 Å². The van der Waals surface area contributed by atoms with Crippen LogP contribution in [0.25, 0.3) is 0 Å². The number of pyridine rings is 1. The van der Waals surface area contributed by atoms with Crippen LogP contribution in [0.3, 0.4) is 0 Å². The molecule has 0 aromatic carbocycles. The average molecular weight is 278 g/mol. The van der Waals surface area contributed by atoms with Gasteiger partial charge in [0.2, 0.25) is 5.88 Å². The molecule has 1 aromatic heterocycles. The van der Waals surface area contributed by atoms with Crippen molar-refractivity contribution in [3.05, 3.63) is 23.9 Å². The molecule has 2 aliphatic rings. The second-order valence-electron chi connectivity index (χ2n) is 5.14. The number of ether oxygens (including phenoxy) is 1. The molecule has 0 bridgehead atoms. The summed E-state index contributed by atoms with van der Waals surface area (Å²) in [5.74, 6) is 3.38. The van der Waals surface area contributed by atoms with E-state index in [0.29, 0.717) is 17.4 Å². The minimum absolute atomic E-state index is 0.0278. The first-order chi connectivity index (χ1) is 9.31. The molecular formula is C14H18N2O2S. The quantitative estimate of drug-likeness (QED) is 0.896. The lowest BCUT2D eigenvalue weighted by atomic mass is 10.2. The van der Waals surface area contributed by atoms with Crippen molar-refractivity contribution < 1.29 is 9.53 Å². The van der Waals surface area contributed by atoms with Crippen LogP contribution in [0.2, 0.25) is 0 Å². The number of nitrogens with zero attached hydrogens (tertiary/aromatic N) is 1. The van der Waals surface area contributed by atoms with Gasteiger partial charge in [0.15, 0.2) is 0 Å². The van der Waals surface area contributed by atoms with Crippen LogP contribution in [0.1, 0.15) is 29.6 Å². The van der Waals surface area contributed by atoms with Crippen LogP contribution in [0.15, 0.2) is 18.3 Å². The third kappa shape index (κ3) is 3.62. The van der Waals surface area contributed by atoms with Gasteiger partial charge in [-0.1, -0.05) is 0 Å². The van der Waals surface area contributed by atoms with Crippen LogP contribution in [0, 0.1) is 5.92 Å². The molecule has 2 fully saturated rings. The first-order valence-corrected chi connectivity index (χ1v) is 7.95. The molecule has 5 heteroatoms. The fourth-order valence-electron chi connectivity index (χ4n) is 2.05. The first-order valence-electron chi connectivity index (χ1n) is 6.80. The van der Waals surface area contributed by atoms with Gasteiger partial charge >= 0.3 is 0 Å². The van der Waals surface area contributed by atoms with Gasteiger partial charge < -0.3 is 10.1 Å². The number of rotatable bonds is 5. The molecule has 1 aliphatic carbocycles. The summed E-state index contributed by atoms with van der Waals surface area (Å²) in [4.78, 5) is 16.1. The average Bonchev–Trinajstić information content (AvgIpc) is 3.13. The van der Waals surface area contributed by atoms with E-state index in [2.05, 4.69) is 10.3 Å². The van der Waals surface area contributed by atoms with E-state index in [1.165, 1.54) is 12.8 Å². The van der Waals surface area contributed by atoms with Crippen molar-refractivity contribution in [3.63, 3.8) is 0 Å². The van der Waals surface area contributed by atoms with Gasteiger partial charge in [0, 0.05) is 30.1 Å². The van der Waals surface area contributed by atoms with Crippen molar-refractivity contribution in [1.82, 2.24) is 10.3 Å². The topological polar surface area (TPSA) is 51.2 Å². The summed E-state index contributed by atoms with van der Waals surface area (Å²) >= 11 is 1.90. The predicted octanol–water partition coefficient (Wildman–Crippen LogP) is 2.11. The third-order valence-electron chi connectivity index (χ3n) is 3.42. The van der Waals surface area contributed by atoms with E-state index < -0.39 is 0 Å². The highest BCUT2D eigenvalue weighted by atomic mass is 32.2. The monoisotopic (exact) mass is 278 g/mol. The second kappa shape index (κ2) is 5.82. The number of carbonyl (C=O) groups is 1. The Bertz CT molecular complexity index is 457. The van der Waals surface area contributed by atoms with Crippen LogP contribution in [-0.4, -0.2) is 35.0 Å².